The fourth-order valence-corrected chi connectivity index (χ4v) is 2.22. The molecule has 2 atom stereocenters. The van der Waals surface area contributed by atoms with E-state index in [1.165, 1.54) is 0 Å². The monoisotopic (exact) mass is 242 g/mol. The van der Waals surface area contributed by atoms with E-state index < -0.39 is 0 Å². The molecular weight excluding hydrogens is 232 g/mol. The summed E-state index contributed by atoms with van der Waals surface area (Å²) >= 11 is 0. The van der Waals surface area contributed by atoms with E-state index in [0.29, 0.717) is 17.8 Å². The smallest absolute Gasteiger partial charge is 0.320 e. The first kappa shape index (κ1) is 10.6. The second kappa shape index (κ2) is 4.06. The van der Waals surface area contributed by atoms with Gasteiger partial charge in [-0.25, -0.2) is 4.79 Å². The van der Waals surface area contributed by atoms with Crippen LogP contribution in [0.25, 0.3) is 0 Å². The van der Waals surface area contributed by atoms with Crippen LogP contribution in [0.1, 0.15) is 11.6 Å². The van der Waals surface area contributed by atoms with Gasteiger partial charge in [-0.3, -0.25) is 10.1 Å². The number of carbonyl (C=O) groups is 2. The maximum absolute atomic E-state index is 11.5. The summed E-state index contributed by atoms with van der Waals surface area (Å²) in [4.78, 5) is 22.5. The fourth-order valence-electron chi connectivity index (χ4n) is 2.22. The van der Waals surface area contributed by atoms with Gasteiger partial charge in [0, 0.05) is 0 Å². The van der Waals surface area contributed by atoms with Gasteiger partial charge >= 0.3 is 6.03 Å². The summed E-state index contributed by atoms with van der Waals surface area (Å²) in [5.74, 6) is 0.0947. The van der Waals surface area contributed by atoms with Crippen LogP contribution in [0.15, 0.2) is 40.5 Å². The lowest BCUT2D eigenvalue weighted by atomic mass is 9.87. The molecule has 90 valence electrons. The molecule has 2 aliphatic rings. The number of urea groups is 1. The number of aldehydes is 1. The van der Waals surface area contributed by atoms with Gasteiger partial charge in [0.2, 0.25) is 0 Å². The molecule has 6 heteroatoms. The van der Waals surface area contributed by atoms with Crippen molar-refractivity contribution in [1.29, 1.82) is 0 Å². The number of fused-ring (bicyclic) bond motifs is 1. The van der Waals surface area contributed by atoms with Gasteiger partial charge in [-0.2, -0.15) is 0 Å². The summed E-state index contributed by atoms with van der Waals surface area (Å²) < 4.78 is 0. The Morgan fingerprint density at radius 1 is 1.17 bits per heavy atom. The van der Waals surface area contributed by atoms with E-state index in [0.717, 1.165) is 5.56 Å². The second-order valence-electron chi connectivity index (χ2n) is 4.09. The molecule has 18 heavy (non-hydrogen) atoms. The largest absolute Gasteiger partial charge is 0.330 e. The van der Waals surface area contributed by atoms with Crippen molar-refractivity contribution in [2.75, 3.05) is 0 Å². The zero-order chi connectivity index (χ0) is 12.5. The van der Waals surface area contributed by atoms with Crippen LogP contribution in [-0.4, -0.2) is 23.9 Å². The van der Waals surface area contributed by atoms with Gasteiger partial charge in [-0.1, -0.05) is 30.3 Å². The van der Waals surface area contributed by atoms with Gasteiger partial charge in [0.15, 0.2) is 6.29 Å². The lowest BCUT2D eigenvalue weighted by Crippen LogP contribution is -2.55. The van der Waals surface area contributed by atoms with Crippen LogP contribution in [0, 0.1) is 5.92 Å². The first-order valence-electron chi connectivity index (χ1n) is 5.52. The average molecular weight is 242 g/mol. The highest BCUT2D eigenvalue weighted by Crippen LogP contribution is 2.28. The highest BCUT2D eigenvalue weighted by atomic mass is 16.2. The maximum atomic E-state index is 11.5. The van der Waals surface area contributed by atoms with E-state index in [-0.39, 0.29) is 18.0 Å². The number of hydrogen-bond acceptors (Lipinski definition) is 4. The lowest BCUT2D eigenvalue weighted by molar-refractivity contribution is -0.102. The van der Waals surface area contributed by atoms with Crippen molar-refractivity contribution in [1.82, 2.24) is 10.6 Å². The summed E-state index contributed by atoms with van der Waals surface area (Å²) in [6.45, 7) is 0. The van der Waals surface area contributed by atoms with Crippen LogP contribution >= 0.6 is 0 Å². The van der Waals surface area contributed by atoms with Crippen molar-refractivity contribution in [3.05, 3.63) is 35.9 Å². The van der Waals surface area contributed by atoms with Crippen LogP contribution in [-0.2, 0) is 4.79 Å². The molecule has 0 saturated carbocycles. The Labute approximate surface area is 103 Å². The quantitative estimate of drug-likeness (QED) is 0.745. The van der Waals surface area contributed by atoms with Gasteiger partial charge in [0.25, 0.3) is 0 Å². The molecule has 0 radical (unpaired) electrons. The van der Waals surface area contributed by atoms with E-state index >= 15 is 0 Å². The predicted octanol–water partition coefficient (Wildman–Crippen LogP) is 0.624. The number of carbonyl (C=O) groups excluding carboxylic acids is 2. The molecule has 6 nitrogen and oxygen atoms in total. The molecule has 0 aromatic heterocycles. The molecule has 1 saturated heterocycles. The molecule has 0 bridgehead atoms. The minimum Gasteiger partial charge on any atom is -0.330 e. The third kappa shape index (κ3) is 1.58. The van der Waals surface area contributed by atoms with Crippen LogP contribution in [0.3, 0.4) is 0 Å². The van der Waals surface area contributed by atoms with E-state index in [1.807, 2.05) is 30.3 Å². The average Bonchev–Trinajstić information content (AvgIpc) is 2.81. The number of amidine groups is 1. The lowest BCUT2D eigenvalue weighted by Gasteiger charge is -2.30. The number of amides is 2. The fraction of sp³-hybridized carbons (Fsp3) is 0.167. The highest BCUT2D eigenvalue weighted by Gasteiger charge is 2.40. The SMILES string of the molecule is O=CC1=NN=C2NC(=O)NC(c3ccccc3)C12. The van der Waals surface area contributed by atoms with Gasteiger partial charge in [0.05, 0.1) is 12.0 Å². The first-order valence-corrected chi connectivity index (χ1v) is 5.52. The molecular formula is C12H10N4O2. The summed E-state index contributed by atoms with van der Waals surface area (Å²) in [6, 6.07) is 8.81. The van der Waals surface area contributed by atoms with Crippen LogP contribution < -0.4 is 10.6 Å². The van der Waals surface area contributed by atoms with Gasteiger partial charge in [-0.05, 0) is 5.56 Å². The van der Waals surface area contributed by atoms with Crippen molar-refractivity contribution in [2.24, 2.45) is 16.1 Å². The molecule has 3 rings (SSSR count). The Hall–Kier alpha value is -2.50. The standard InChI is InChI=1S/C12H10N4O2/c17-6-8-9-10(7-4-2-1-3-5-7)13-12(18)14-11(9)16-15-8/h1-6,9-10H,(H2,13,14,16,18). The molecule has 1 fully saturated rings. The van der Waals surface area contributed by atoms with Gasteiger partial charge in [0.1, 0.15) is 11.5 Å². The Morgan fingerprint density at radius 2 is 1.94 bits per heavy atom. The van der Waals surface area contributed by atoms with Crippen molar-refractivity contribution < 1.29 is 9.59 Å². The Morgan fingerprint density at radius 3 is 2.67 bits per heavy atom. The summed E-state index contributed by atoms with van der Waals surface area (Å²) in [6.07, 6.45) is 0.677. The maximum Gasteiger partial charge on any atom is 0.320 e. The number of hydrogen-bond donors (Lipinski definition) is 2. The molecule has 1 aromatic carbocycles. The second-order valence-corrected chi connectivity index (χ2v) is 4.09. The van der Waals surface area contributed by atoms with Gasteiger partial charge in [-0.15, -0.1) is 10.2 Å². The topological polar surface area (TPSA) is 82.9 Å². The molecule has 2 amide bonds. The molecule has 0 spiro atoms. The normalized spacial score (nSPS) is 25.4. The minimum atomic E-state index is -0.332. The Balaban J connectivity index is 2.01. The third-order valence-corrected chi connectivity index (χ3v) is 3.03. The van der Waals surface area contributed by atoms with Crippen LogP contribution in [0.5, 0.6) is 0 Å². The van der Waals surface area contributed by atoms with Crippen molar-refractivity contribution in [3.63, 3.8) is 0 Å². The zero-order valence-corrected chi connectivity index (χ0v) is 9.33. The minimum absolute atomic E-state index is 0.315. The van der Waals surface area contributed by atoms with E-state index in [4.69, 9.17) is 0 Å². The predicted molar refractivity (Wildman–Crippen MR) is 65.3 cm³/mol. The molecule has 0 aliphatic carbocycles. The van der Waals surface area contributed by atoms with E-state index in [9.17, 15) is 9.59 Å². The molecule has 1 aromatic rings. The van der Waals surface area contributed by atoms with Crippen LogP contribution in [0.2, 0.25) is 0 Å². The summed E-state index contributed by atoms with van der Waals surface area (Å²) in [5, 5.41) is 13.0. The molecule has 2 unspecified atom stereocenters. The van der Waals surface area contributed by atoms with Crippen LogP contribution in [0.4, 0.5) is 4.79 Å². The molecule has 2 aliphatic heterocycles. The van der Waals surface area contributed by atoms with Crippen molar-refractivity contribution >= 4 is 23.9 Å². The summed E-state index contributed by atoms with van der Waals surface area (Å²) in [5.41, 5.74) is 1.24. The van der Waals surface area contributed by atoms with E-state index in [2.05, 4.69) is 20.8 Å². The zero-order valence-electron chi connectivity index (χ0n) is 9.33. The third-order valence-electron chi connectivity index (χ3n) is 3.03. The number of nitrogens with one attached hydrogen (secondary N) is 2. The number of nitrogens with zero attached hydrogens (tertiary/aromatic N) is 2. The summed E-state index contributed by atoms with van der Waals surface area (Å²) in [7, 11) is 0. The number of benzene rings is 1. The molecule has 2 heterocycles. The Bertz CT molecular complexity index is 565. The van der Waals surface area contributed by atoms with Crippen molar-refractivity contribution in [2.45, 2.75) is 6.04 Å². The Kier molecular flexibility index (Phi) is 2.40. The van der Waals surface area contributed by atoms with Gasteiger partial charge < -0.3 is 5.32 Å². The van der Waals surface area contributed by atoms with Crippen molar-refractivity contribution in [3.8, 4) is 0 Å². The van der Waals surface area contributed by atoms with E-state index in [1.54, 1.807) is 0 Å². The molecule has 2 N–H and O–H groups in total. The number of rotatable bonds is 2. The first-order chi connectivity index (χ1) is 8.79. The highest BCUT2D eigenvalue weighted by molar-refractivity contribution is 6.37.